The van der Waals surface area contributed by atoms with E-state index < -0.39 is 35.8 Å². The van der Waals surface area contributed by atoms with E-state index in [-0.39, 0.29) is 53.7 Å². The summed E-state index contributed by atoms with van der Waals surface area (Å²) in [6.45, 7) is 16.7. The number of nitrogens with one attached hydrogen (secondary N) is 2. The molecule has 228 valence electrons. The van der Waals surface area contributed by atoms with Gasteiger partial charge < -0.3 is 38.4 Å². The number of ether oxygens (including phenoxy) is 4. The average Bonchev–Trinajstić information content (AvgIpc) is 3.51. The summed E-state index contributed by atoms with van der Waals surface area (Å²) in [6.07, 6.45) is -0.914. The van der Waals surface area contributed by atoms with E-state index >= 15 is 0 Å². The van der Waals surface area contributed by atoms with Crippen LogP contribution in [0.5, 0.6) is 0 Å². The van der Waals surface area contributed by atoms with Crippen LogP contribution in [-0.2, 0) is 31.8 Å². The van der Waals surface area contributed by atoms with Crippen LogP contribution in [0.15, 0.2) is 15.4 Å². The van der Waals surface area contributed by atoms with Gasteiger partial charge in [0.25, 0.3) is 0 Å². The molecule has 0 bridgehead atoms. The van der Waals surface area contributed by atoms with Crippen molar-refractivity contribution in [3.05, 3.63) is 41.3 Å². The summed E-state index contributed by atoms with van der Waals surface area (Å²) in [7, 11) is 3.96. The first-order chi connectivity index (χ1) is 19.1. The van der Waals surface area contributed by atoms with Crippen LogP contribution in [0, 0.1) is 11.8 Å². The Morgan fingerprint density at radius 3 is 1.66 bits per heavy atom. The van der Waals surface area contributed by atoms with Crippen molar-refractivity contribution in [3.63, 3.8) is 0 Å². The van der Waals surface area contributed by atoms with Gasteiger partial charge in [-0.05, 0) is 32.6 Å². The minimum Gasteiger partial charge on any atom is -0.495 e. The zero-order valence-corrected chi connectivity index (χ0v) is 25.5. The van der Waals surface area contributed by atoms with Crippen LogP contribution in [0.4, 0.5) is 9.59 Å². The van der Waals surface area contributed by atoms with Crippen molar-refractivity contribution >= 4 is 23.9 Å². The predicted octanol–water partition coefficient (Wildman–Crippen LogP) is 5.13. The molecular formula is C28H42N4O9. The Morgan fingerprint density at radius 2 is 1.24 bits per heavy atom. The van der Waals surface area contributed by atoms with Crippen molar-refractivity contribution in [2.45, 2.75) is 79.0 Å². The average molecular weight is 579 g/mol. The van der Waals surface area contributed by atoms with Gasteiger partial charge in [0.2, 0.25) is 11.8 Å². The molecule has 0 fully saturated rings. The molecule has 2 amide bonds. The van der Waals surface area contributed by atoms with Crippen LogP contribution >= 0.6 is 0 Å². The number of carbonyl (C=O) groups excluding carboxylic acids is 3. The lowest BCUT2D eigenvalue weighted by atomic mass is 10.0. The minimum absolute atomic E-state index is 0.0292. The second kappa shape index (κ2) is 14.0. The highest BCUT2D eigenvalue weighted by Gasteiger charge is 2.31. The largest absolute Gasteiger partial charge is 0.495 e. The summed E-state index contributed by atoms with van der Waals surface area (Å²) in [5, 5.41) is 5.49. The normalized spacial score (nSPS) is 13.0. The number of hydrogen-bond acceptors (Lipinski definition) is 11. The molecule has 41 heavy (non-hydrogen) atoms. The quantitative estimate of drug-likeness (QED) is 0.195. The Kier molecular flexibility index (Phi) is 11.4. The van der Waals surface area contributed by atoms with Crippen LogP contribution in [-0.4, -0.2) is 55.1 Å². The highest BCUT2D eigenvalue weighted by atomic mass is 16.6. The van der Waals surface area contributed by atoms with Gasteiger partial charge in [-0.15, -0.1) is 0 Å². The molecular weight excluding hydrogens is 536 g/mol. The number of esters is 1. The highest BCUT2D eigenvalue weighted by Crippen LogP contribution is 2.30. The topological polar surface area (TPSA) is 164 Å². The zero-order chi connectivity index (χ0) is 31.1. The fourth-order valence-electron chi connectivity index (χ4n) is 3.79. The number of nitrogens with zero attached hydrogens (tertiary/aromatic N) is 2. The number of aromatic nitrogens is 2. The molecule has 2 aromatic rings. The number of aryl methyl sites for hydroxylation is 2. The van der Waals surface area contributed by atoms with E-state index in [1.165, 1.54) is 21.3 Å². The first kappa shape index (κ1) is 33.2. The third-order valence-electron chi connectivity index (χ3n) is 5.89. The molecule has 13 heteroatoms. The second-order valence-electron chi connectivity index (χ2n) is 11.0. The van der Waals surface area contributed by atoms with E-state index in [0.717, 1.165) is 0 Å². The number of rotatable bonds is 12. The van der Waals surface area contributed by atoms with Crippen molar-refractivity contribution in [1.82, 2.24) is 20.6 Å². The Morgan fingerprint density at radius 1 is 0.780 bits per heavy atom. The highest BCUT2D eigenvalue weighted by molar-refractivity contribution is 5.88. The van der Waals surface area contributed by atoms with Crippen LogP contribution in [0.25, 0.3) is 5.76 Å². The van der Waals surface area contributed by atoms with Crippen molar-refractivity contribution in [3.8, 4) is 0 Å². The Hall–Kier alpha value is -4.03. The number of amides is 2. The van der Waals surface area contributed by atoms with Gasteiger partial charge >= 0.3 is 18.2 Å². The maximum atomic E-state index is 12.6. The van der Waals surface area contributed by atoms with Crippen molar-refractivity contribution in [2.75, 3.05) is 21.3 Å². The monoisotopic (exact) mass is 578 g/mol. The summed E-state index contributed by atoms with van der Waals surface area (Å²) < 4.78 is 32.4. The summed E-state index contributed by atoms with van der Waals surface area (Å²) in [5.74, 6) is 0.305. The van der Waals surface area contributed by atoms with E-state index in [9.17, 15) is 14.4 Å². The lowest BCUT2D eigenvalue weighted by Crippen LogP contribution is -2.37. The van der Waals surface area contributed by atoms with Crippen LogP contribution in [0.1, 0.15) is 100 Å². The molecule has 0 aromatic carbocycles. The standard InChI is InChI=1S/C28H42N4O9/c1-14(2)19(31-26(34)38-11)23-29-21(16(5)36-9)17(39-23)12-13-18-22(25(33)37-10)30-24(40-18)20(15(3)4)32-27(35)41-28(6,7)8/h14-15,19-20H,5,12-13H2,1-4,6-11H3,(H,31,34)(H,32,35). The fourth-order valence-corrected chi connectivity index (χ4v) is 3.79. The summed E-state index contributed by atoms with van der Waals surface area (Å²) >= 11 is 0. The van der Waals surface area contributed by atoms with E-state index in [2.05, 4.69) is 27.2 Å². The number of oxazole rings is 2. The molecule has 0 aliphatic rings. The van der Waals surface area contributed by atoms with Crippen LogP contribution < -0.4 is 10.6 Å². The Bertz CT molecular complexity index is 1220. The van der Waals surface area contributed by atoms with E-state index in [0.29, 0.717) is 11.5 Å². The molecule has 2 heterocycles. The fraction of sp³-hybridized carbons (Fsp3) is 0.607. The molecule has 13 nitrogen and oxygen atoms in total. The van der Waals surface area contributed by atoms with Gasteiger partial charge in [-0.1, -0.05) is 34.3 Å². The molecule has 2 unspecified atom stereocenters. The Labute approximate surface area is 240 Å². The first-order valence-corrected chi connectivity index (χ1v) is 13.3. The van der Waals surface area contributed by atoms with Gasteiger partial charge in [0, 0.05) is 12.8 Å². The van der Waals surface area contributed by atoms with Gasteiger partial charge in [-0.3, -0.25) is 0 Å². The van der Waals surface area contributed by atoms with Gasteiger partial charge in [0.05, 0.1) is 21.3 Å². The number of hydrogen-bond donors (Lipinski definition) is 2. The maximum absolute atomic E-state index is 12.6. The van der Waals surface area contributed by atoms with Crippen molar-refractivity contribution < 1.29 is 42.2 Å². The summed E-state index contributed by atoms with van der Waals surface area (Å²) in [5.41, 5.74) is -0.380. The molecule has 2 aromatic heterocycles. The summed E-state index contributed by atoms with van der Waals surface area (Å²) in [6, 6.07) is -1.27. The van der Waals surface area contributed by atoms with Gasteiger partial charge in [0.15, 0.2) is 5.69 Å². The van der Waals surface area contributed by atoms with Gasteiger partial charge in [-0.25, -0.2) is 24.4 Å². The molecule has 0 spiro atoms. The van der Waals surface area contributed by atoms with Crippen molar-refractivity contribution in [2.24, 2.45) is 11.8 Å². The molecule has 0 saturated heterocycles. The van der Waals surface area contributed by atoms with Crippen LogP contribution in [0.3, 0.4) is 0 Å². The first-order valence-electron chi connectivity index (χ1n) is 13.3. The zero-order valence-electron chi connectivity index (χ0n) is 25.5. The smallest absolute Gasteiger partial charge is 0.408 e. The number of methoxy groups -OCH3 is 3. The van der Waals surface area contributed by atoms with E-state index in [1.54, 1.807) is 20.8 Å². The molecule has 0 aliphatic carbocycles. The van der Waals surface area contributed by atoms with E-state index in [1.807, 2.05) is 27.7 Å². The predicted molar refractivity (Wildman–Crippen MR) is 148 cm³/mol. The second-order valence-corrected chi connectivity index (χ2v) is 11.0. The lowest BCUT2D eigenvalue weighted by Gasteiger charge is -2.24. The lowest BCUT2D eigenvalue weighted by molar-refractivity contribution is 0.0478. The third-order valence-corrected chi connectivity index (χ3v) is 5.89. The minimum atomic E-state index is -0.703. The van der Waals surface area contributed by atoms with Gasteiger partial charge in [0.1, 0.15) is 40.7 Å². The SMILES string of the molecule is C=C(OC)c1nc(C(NC(=O)OC)C(C)C)oc1CCc1oc(C(NC(=O)OC(C)(C)C)C(C)C)nc1C(=O)OC. The molecule has 2 N–H and O–H groups in total. The Balaban J connectivity index is 2.44. The summed E-state index contributed by atoms with van der Waals surface area (Å²) in [4.78, 5) is 45.9. The molecule has 0 aliphatic heterocycles. The molecule has 0 radical (unpaired) electrons. The van der Waals surface area contributed by atoms with Crippen molar-refractivity contribution in [1.29, 1.82) is 0 Å². The molecule has 2 rings (SSSR count). The third kappa shape index (κ3) is 8.98. The number of alkyl carbamates (subject to hydrolysis) is 2. The van der Waals surface area contributed by atoms with Gasteiger partial charge in [-0.2, -0.15) is 0 Å². The number of carbonyl (C=O) groups is 3. The molecule has 0 saturated carbocycles. The molecule has 2 atom stereocenters. The van der Waals surface area contributed by atoms with Crippen LogP contribution in [0.2, 0.25) is 0 Å². The maximum Gasteiger partial charge on any atom is 0.408 e. The van der Waals surface area contributed by atoms with E-state index in [4.69, 9.17) is 27.8 Å².